The summed E-state index contributed by atoms with van der Waals surface area (Å²) >= 11 is 0. The number of benzene rings is 2. The van der Waals surface area contributed by atoms with E-state index < -0.39 is 11.6 Å². The number of anilines is 1. The van der Waals surface area contributed by atoms with Crippen molar-refractivity contribution in [3.63, 3.8) is 0 Å². The van der Waals surface area contributed by atoms with Crippen LogP contribution in [0.1, 0.15) is 36.0 Å². The van der Waals surface area contributed by atoms with Gasteiger partial charge in [0.05, 0.1) is 0 Å². The van der Waals surface area contributed by atoms with E-state index in [2.05, 4.69) is 22.4 Å². The SMILES string of the molecule is CC(CN=C(N)Nc1ccc2c(c1)CCC2)c1ccc(F)cc1F. The molecule has 1 aliphatic rings. The number of rotatable bonds is 4. The van der Waals surface area contributed by atoms with E-state index in [0.717, 1.165) is 24.6 Å². The molecule has 0 fully saturated rings. The minimum atomic E-state index is -0.579. The topological polar surface area (TPSA) is 50.4 Å². The Balaban J connectivity index is 1.63. The van der Waals surface area contributed by atoms with Crippen LogP contribution in [0.4, 0.5) is 14.5 Å². The fourth-order valence-electron chi connectivity index (χ4n) is 3.07. The maximum Gasteiger partial charge on any atom is 0.193 e. The van der Waals surface area contributed by atoms with E-state index in [-0.39, 0.29) is 5.92 Å². The first-order chi connectivity index (χ1) is 11.5. The van der Waals surface area contributed by atoms with Crippen LogP contribution in [0.3, 0.4) is 0 Å². The lowest BCUT2D eigenvalue weighted by atomic mass is 10.0. The van der Waals surface area contributed by atoms with Gasteiger partial charge in [-0.2, -0.15) is 0 Å². The minimum absolute atomic E-state index is 0.189. The molecule has 3 N–H and O–H groups in total. The van der Waals surface area contributed by atoms with Crippen LogP contribution in [0.25, 0.3) is 0 Å². The van der Waals surface area contributed by atoms with E-state index in [9.17, 15) is 8.78 Å². The van der Waals surface area contributed by atoms with Gasteiger partial charge in [0.15, 0.2) is 5.96 Å². The summed E-state index contributed by atoms with van der Waals surface area (Å²) in [6, 6.07) is 9.82. The molecular weight excluding hydrogens is 308 g/mol. The predicted octanol–water partition coefficient (Wildman–Crippen LogP) is 3.98. The lowest BCUT2D eigenvalue weighted by Crippen LogP contribution is -2.23. The van der Waals surface area contributed by atoms with Gasteiger partial charge in [0.2, 0.25) is 0 Å². The predicted molar refractivity (Wildman–Crippen MR) is 93.4 cm³/mol. The van der Waals surface area contributed by atoms with Crippen molar-refractivity contribution in [2.24, 2.45) is 10.7 Å². The fourth-order valence-corrected chi connectivity index (χ4v) is 3.07. The number of aryl methyl sites for hydroxylation is 2. The molecule has 1 aliphatic carbocycles. The number of guanidine groups is 1. The maximum atomic E-state index is 13.8. The van der Waals surface area contributed by atoms with Gasteiger partial charge in [-0.3, -0.25) is 4.99 Å². The van der Waals surface area contributed by atoms with Crippen LogP contribution in [0.5, 0.6) is 0 Å². The fraction of sp³-hybridized carbons (Fsp3) is 0.316. The number of nitrogens with zero attached hydrogens (tertiary/aromatic N) is 1. The quantitative estimate of drug-likeness (QED) is 0.658. The van der Waals surface area contributed by atoms with Crippen molar-refractivity contribution >= 4 is 11.6 Å². The lowest BCUT2D eigenvalue weighted by Gasteiger charge is -2.12. The van der Waals surface area contributed by atoms with Crippen LogP contribution in [0.15, 0.2) is 41.4 Å². The minimum Gasteiger partial charge on any atom is -0.370 e. The van der Waals surface area contributed by atoms with E-state index >= 15 is 0 Å². The summed E-state index contributed by atoms with van der Waals surface area (Å²) in [7, 11) is 0. The highest BCUT2D eigenvalue weighted by Crippen LogP contribution is 2.25. The lowest BCUT2D eigenvalue weighted by molar-refractivity contribution is 0.560. The molecule has 1 atom stereocenters. The van der Waals surface area contributed by atoms with Crippen molar-refractivity contribution in [3.8, 4) is 0 Å². The maximum absolute atomic E-state index is 13.8. The van der Waals surface area contributed by atoms with E-state index in [1.807, 2.05) is 13.0 Å². The van der Waals surface area contributed by atoms with Gasteiger partial charge < -0.3 is 11.1 Å². The molecule has 0 saturated carbocycles. The number of nitrogens with two attached hydrogens (primary N) is 1. The molecule has 5 heteroatoms. The summed E-state index contributed by atoms with van der Waals surface area (Å²) in [4.78, 5) is 4.28. The third kappa shape index (κ3) is 3.72. The largest absolute Gasteiger partial charge is 0.370 e. The van der Waals surface area contributed by atoms with Gasteiger partial charge in [0.1, 0.15) is 11.6 Å². The Labute approximate surface area is 140 Å². The summed E-state index contributed by atoms with van der Waals surface area (Å²) in [5, 5.41) is 3.08. The first-order valence-corrected chi connectivity index (χ1v) is 8.16. The Bertz CT molecular complexity index is 771. The summed E-state index contributed by atoms with van der Waals surface area (Å²) in [6.07, 6.45) is 3.44. The Morgan fingerprint density at radius 1 is 1.17 bits per heavy atom. The average Bonchev–Trinajstić information content (AvgIpc) is 3.00. The Morgan fingerprint density at radius 3 is 2.75 bits per heavy atom. The first kappa shape index (κ1) is 16.4. The van der Waals surface area contributed by atoms with Crippen molar-refractivity contribution in [3.05, 3.63) is 64.7 Å². The third-order valence-corrected chi connectivity index (χ3v) is 4.40. The van der Waals surface area contributed by atoms with Gasteiger partial charge in [-0.15, -0.1) is 0 Å². The van der Waals surface area contributed by atoms with Crippen molar-refractivity contribution in [2.45, 2.75) is 32.1 Å². The molecule has 0 aromatic heterocycles. The molecule has 0 spiro atoms. The highest BCUT2D eigenvalue weighted by atomic mass is 19.1. The molecular formula is C19H21F2N3. The van der Waals surface area contributed by atoms with E-state index in [0.29, 0.717) is 18.1 Å². The van der Waals surface area contributed by atoms with Gasteiger partial charge in [-0.05, 0) is 54.2 Å². The highest BCUT2D eigenvalue weighted by Gasteiger charge is 2.13. The summed E-state index contributed by atoms with van der Waals surface area (Å²) < 4.78 is 26.7. The van der Waals surface area contributed by atoms with Crippen molar-refractivity contribution < 1.29 is 8.78 Å². The zero-order valence-electron chi connectivity index (χ0n) is 13.7. The summed E-state index contributed by atoms with van der Waals surface area (Å²) in [5.74, 6) is -1.03. The van der Waals surface area contributed by atoms with Crippen LogP contribution in [0, 0.1) is 11.6 Å². The molecule has 0 saturated heterocycles. The molecule has 0 bridgehead atoms. The van der Waals surface area contributed by atoms with Crippen molar-refractivity contribution in [2.75, 3.05) is 11.9 Å². The zero-order valence-corrected chi connectivity index (χ0v) is 13.7. The molecule has 0 amide bonds. The number of halogens is 2. The number of hydrogen-bond acceptors (Lipinski definition) is 1. The van der Waals surface area contributed by atoms with Gasteiger partial charge >= 0.3 is 0 Å². The van der Waals surface area contributed by atoms with E-state index in [4.69, 9.17) is 5.73 Å². The second-order valence-electron chi connectivity index (χ2n) is 6.25. The Hall–Kier alpha value is -2.43. The standard InChI is InChI=1S/C19H21F2N3/c1-12(17-8-6-15(20)10-18(17)21)11-23-19(22)24-16-7-5-13-3-2-4-14(13)9-16/h5-10,12H,2-4,11H2,1H3,(H3,22,23,24). The van der Waals surface area contributed by atoms with Gasteiger partial charge in [-0.25, -0.2) is 8.78 Å². The Morgan fingerprint density at radius 2 is 1.96 bits per heavy atom. The van der Waals surface area contributed by atoms with Crippen molar-refractivity contribution in [1.82, 2.24) is 0 Å². The number of fused-ring (bicyclic) bond motifs is 1. The molecule has 3 rings (SSSR count). The molecule has 2 aromatic rings. The van der Waals surface area contributed by atoms with Crippen LogP contribution in [-0.2, 0) is 12.8 Å². The monoisotopic (exact) mass is 329 g/mol. The molecule has 0 radical (unpaired) electrons. The number of hydrogen-bond donors (Lipinski definition) is 2. The highest BCUT2D eigenvalue weighted by molar-refractivity contribution is 5.92. The summed E-state index contributed by atoms with van der Waals surface area (Å²) in [5.41, 5.74) is 10.0. The smallest absolute Gasteiger partial charge is 0.193 e. The van der Waals surface area contributed by atoms with E-state index in [1.165, 1.54) is 29.7 Å². The number of aliphatic imine (C=N–C) groups is 1. The Kier molecular flexibility index (Phi) is 4.79. The molecule has 126 valence electrons. The van der Waals surface area contributed by atoms with Gasteiger partial charge in [-0.1, -0.05) is 19.1 Å². The average molecular weight is 329 g/mol. The zero-order chi connectivity index (χ0) is 17.1. The number of nitrogens with one attached hydrogen (secondary N) is 1. The second-order valence-corrected chi connectivity index (χ2v) is 6.25. The molecule has 0 aliphatic heterocycles. The van der Waals surface area contributed by atoms with Crippen LogP contribution < -0.4 is 11.1 Å². The summed E-state index contributed by atoms with van der Waals surface area (Å²) in [6.45, 7) is 2.16. The van der Waals surface area contributed by atoms with Gasteiger partial charge in [0, 0.05) is 24.2 Å². The van der Waals surface area contributed by atoms with Crippen LogP contribution >= 0.6 is 0 Å². The van der Waals surface area contributed by atoms with Crippen LogP contribution in [-0.4, -0.2) is 12.5 Å². The first-order valence-electron chi connectivity index (χ1n) is 8.16. The second kappa shape index (κ2) is 6.99. The van der Waals surface area contributed by atoms with Gasteiger partial charge in [0.25, 0.3) is 0 Å². The molecule has 3 nitrogen and oxygen atoms in total. The molecule has 0 heterocycles. The molecule has 1 unspecified atom stereocenters. The third-order valence-electron chi connectivity index (χ3n) is 4.40. The normalized spacial score (nSPS) is 15.2. The molecule has 24 heavy (non-hydrogen) atoms. The van der Waals surface area contributed by atoms with E-state index in [1.54, 1.807) is 0 Å². The van der Waals surface area contributed by atoms with Crippen LogP contribution in [0.2, 0.25) is 0 Å². The van der Waals surface area contributed by atoms with Crippen molar-refractivity contribution in [1.29, 1.82) is 0 Å². The molecule has 2 aromatic carbocycles.